The van der Waals surface area contributed by atoms with Crippen molar-refractivity contribution in [1.29, 1.82) is 0 Å². The van der Waals surface area contributed by atoms with Gasteiger partial charge in [-0.15, -0.1) is 0 Å². The number of rotatable bonds is 3. The Morgan fingerprint density at radius 2 is 1.46 bits per heavy atom. The molecule has 0 heterocycles. The maximum Gasteiger partial charge on any atom is 0.160 e. The Morgan fingerprint density at radius 3 is 1.96 bits per heavy atom. The third-order valence-electron chi connectivity index (χ3n) is 5.31. The summed E-state index contributed by atoms with van der Waals surface area (Å²) in [6.45, 7) is 6.44. The van der Waals surface area contributed by atoms with Gasteiger partial charge in [-0.3, -0.25) is 4.18 Å². The van der Waals surface area contributed by atoms with Crippen LogP contribution in [0.3, 0.4) is 0 Å². The largest absolute Gasteiger partial charge is 0.290 e. The van der Waals surface area contributed by atoms with E-state index < -0.39 is 11.1 Å². The highest BCUT2D eigenvalue weighted by Gasteiger charge is 2.43. The van der Waals surface area contributed by atoms with Crippen molar-refractivity contribution in [2.75, 3.05) is 6.61 Å². The van der Waals surface area contributed by atoms with Gasteiger partial charge in [0.1, 0.15) is 0 Å². The summed E-state index contributed by atoms with van der Waals surface area (Å²) in [4.78, 5) is 0. The van der Waals surface area contributed by atoms with Crippen LogP contribution < -0.4 is 0 Å². The number of hydrogen-bond acceptors (Lipinski definition) is 2. The first-order chi connectivity index (χ1) is 11.5. The topological polar surface area (TPSA) is 26.3 Å². The molecule has 3 aliphatic rings. The lowest BCUT2D eigenvalue weighted by atomic mass is 9.59. The standard InChI is InChI=1S/C21H24O2S/c1-21(2,3)24(22)23-13-14-12-19-15-8-4-6-10-17(15)20(14)18-11-7-5-9-16(18)19/h4-11,14,19-20H,12-13H2,1-3H3/t14-,19?,20?,24+/m1/s1. The molecule has 2 aromatic rings. The molecule has 0 saturated carbocycles. The van der Waals surface area contributed by atoms with Gasteiger partial charge in [-0.1, -0.05) is 48.5 Å². The van der Waals surface area contributed by atoms with Crippen molar-refractivity contribution >= 4 is 11.1 Å². The molecule has 0 radical (unpaired) electrons. The van der Waals surface area contributed by atoms with Crippen LogP contribution in [0.1, 0.15) is 61.3 Å². The lowest BCUT2D eigenvalue weighted by Gasteiger charge is -2.45. The fourth-order valence-corrected chi connectivity index (χ4v) is 4.90. The highest BCUT2D eigenvalue weighted by Crippen LogP contribution is 2.55. The summed E-state index contributed by atoms with van der Waals surface area (Å²) in [5, 5.41) is 0. The minimum atomic E-state index is -1.26. The lowest BCUT2D eigenvalue weighted by Crippen LogP contribution is -2.35. The highest BCUT2D eigenvalue weighted by atomic mass is 32.2. The van der Waals surface area contributed by atoms with Crippen molar-refractivity contribution < 1.29 is 8.39 Å². The van der Waals surface area contributed by atoms with Crippen LogP contribution >= 0.6 is 0 Å². The van der Waals surface area contributed by atoms with Crippen molar-refractivity contribution in [1.82, 2.24) is 0 Å². The normalized spacial score (nSPS) is 25.9. The second-order valence-corrected chi connectivity index (χ2v) is 9.85. The molecule has 3 aliphatic carbocycles. The molecule has 0 aromatic heterocycles. The second kappa shape index (κ2) is 5.82. The number of fused-ring (bicyclic) bond motifs is 1. The average molecular weight is 340 g/mol. The molecule has 5 rings (SSSR count). The van der Waals surface area contributed by atoms with Gasteiger partial charge in [-0.05, 0) is 55.4 Å². The first-order valence-corrected chi connectivity index (χ1v) is 9.77. The summed E-state index contributed by atoms with van der Waals surface area (Å²) < 4.78 is 17.8. The summed E-state index contributed by atoms with van der Waals surface area (Å²) >= 11 is -1.26. The van der Waals surface area contributed by atoms with Crippen LogP contribution in [-0.2, 0) is 15.3 Å². The number of hydrogen-bond donors (Lipinski definition) is 0. The molecule has 3 heteroatoms. The Bertz CT molecular complexity index is 743. The number of benzene rings is 2. The van der Waals surface area contributed by atoms with E-state index in [0.717, 1.165) is 6.42 Å². The van der Waals surface area contributed by atoms with Gasteiger partial charge in [0.2, 0.25) is 0 Å². The Morgan fingerprint density at radius 1 is 0.958 bits per heavy atom. The minimum absolute atomic E-state index is 0.330. The molecule has 0 N–H and O–H groups in total. The van der Waals surface area contributed by atoms with E-state index >= 15 is 0 Å². The molecule has 0 spiro atoms. The molecule has 24 heavy (non-hydrogen) atoms. The van der Waals surface area contributed by atoms with Crippen molar-refractivity contribution in [3.63, 3.8) is 0 Å². The molecule has 0 aliphatic heterocycles. The van der Waals surface area contributed by atoms with Crippen LogP contribution in [0.5, 0.6) is 0 Å². The molecular weight excluding hydrogens is 316 g/mol. The predicted molar refractivity (Wildman–Crippen MR) is 98.5 cm³/mol. The van der Waals surface area contributed by atoms with Crippen LogP contribution in [-0.4, -0.2) is 15.6 Å². The molecule has 0 saturated heterocycles. The summed E-state index contributed by atoms with van der Waals surface area (Å²) in [7, 11) is 0. The van der Waals surface area contributed by atoms with E-state index in [4.69, 9.17) is 4.18 Å². The van der Waals surface area contributed by atoms with Crippen molar-refractivity contribution in [2.45, 2.75) is 43.8 Å². The summed E-state index contributed by atoms with van der Waals surface area (Å²) in [6, 6.07) is 17.6. The van der Waals surface area contributed by atoms with Crippen LogP contribution in [0.2, 0.25) is 0 Å². The van der Waals surface area contributed by atoms with E-state index in [2.05, 4.69) is 48.5 Å². The third-order valence-corrected chi connectivity index (χ3v) is 6.66. The fourth-order valence-electron chi connectivity index (χ4n) is 4.25. The van der Waals surface area contributed by atoms with Gasteiger partial charge in [0.05, 0.1) is 11.4 Å². The molecule has 126 valence electrons. The van der Waals surface area contributed by atoms with E-state index in [-0.39, 0.29) is 4.75 Å². The maximum absolute atomic E-state index is 12.3. The second-order valence-electron chi connectivity index (χ2n) is 7.92. The smallest absolute Gasteiger partial charge is 0.160 e. The fraction of sp³-hybridized carbons (Fsp3) is 0.429. The Kier molecular flexibility index (Phi) is 3.89. The molecule has 0 unspecified atom stereocenters. The van der Waals surface area contributed by atoms with Crippen molar-refractivity contribution in [2.24, 2.45) is 5.92 Å². The van der Waals surface area contributed by atoms with E-state index in [1.54, 1.807) is 0 Å². The Labute approximate surface area is 146 Å². The summed E-state index contributed by atoms with van der Waals surface area (Å²) in [5.41, 5.74) is 5.80. The molecular formula is C21H24O2S. The summed E-state index contributed by atoms with van der Waals surface area (Å²) in [5.74, 6) is 1.20. The van der Waals surface area contributed by atoms with Crippen LogP contribution in [0.25, 0.3) is 0 Å². The zero-order chi connectivity index (χ0) is 16.9. The highest BCUT2D eigenvalue weighted by molar-refractivity contribution is 7.81. The van der Waals surface area contributed by atoms with Crippen molar-refractivity contribution in [3.05, 3.63) is 70.8 Å². The lowest BCUT2D eigenvalue weighted by molar-refractivity contribution is 0.217. The maximum atomic E-state index is 12.3. The van der Waals surface area contributed by atoms with Gasteiger partial charge >= 0.3 is 0 Å². The van der Waals surface area contributed by atoms with Gasteiger partial charge in [0.15, 0.2) is 11.1 Å². The summed E-state index contributed by atoms with van der Waals surface area (Å²) in [6.07, 6.45) is 1.08. The van der Waals surface area contributed by atoms with E-state index in [1.807, 2.05) is 20.8 Å². The predicted octanol–water partition coefficient (Wildman–Crippen LogP) is 4.76. The van der Waals surface area contributed by atoms with Gasteiger partial charge in [0, 0.05) is 11.8 Å². The molecule has 0 fully saturated rings. The van der Waals surface area contributed by atoms with E-state index in [0.29, 0.717) is 24.4 Å². The molecule has 2 bridgehead atoms. The van der Waals surface area contributed by atoms with Crippen LogP contribution in [0, 0.1) is 5.92 Å². The first kappa shape index (κ1) is 16.0. The van der Waals surface area contributed by atoms with Gasteiger partial charge in [0.25, 0.3) is 0 Å². The molecule has 2 atom stereocenters. The third kappa shape index (κ3) is 2.55. The SMILES string of the molecule is CC(C)(C)[S@@](=O)OC[C@H]1CC2c3ccccc3C1c1ccccc12. The Balaban J connectivity index is 1.67. The monoisotopic (exact) mass is 340 g/mol. The van der Waals surface area contributed by atoms with Gasteiger partial charge in [-0.25, -0.2) is 4.21 Å². The molecule has 2 nitrogen and oxygen atoms in total. The van der Waals surface area contributed by atoms with E-state index in [1.165, 1.54) is 22.3 Å². The van der Waals surface area contributed by atoms with E-state index in [9.17, 15) is 4.21 Å². The quantitative estimate of drug-likeness (QED) is 0.805. The van der Waals surface area contributed by atoms with Crippen LogP contribution in [0.15, 0.2) is 48.5 Å². The average Bonchev–Trinajstić information content (AvgIpc) is 2.59. The zero-order valence-electron chi connectivity index (χ0n) is 14.5. The van der Waals surface area contributed by atoms with Gasteiger partial charge in [-0.2, -0.15) is 0 Å². The van der Waals surface area contributed by atoms with Crippen LogP contribution in [0.4, 0.5) is 0 Å². The molecule has 0 amide bonds. The minimum Gasteiger partial charge on any atom is -0.290 e. The first-order valence-electron chi connectivity index (χ1n) is 8.69. The van der Waals surface area contributed by atoms with Gasteiger partial charge < -0.3 is 0 Å². The van der Waals surface area contributed by atoms with Crippen molar-refractivity contribution in [3.8, 4) is 0 Å². The zero-order valence-corrected chi connectivity index (χ0v) is 15.3. The Hall–Kier alpha value is -1.45. The molecule has 2 aromatic carbocycles.